The van der Waals surface area contributed by atoms with E-state index in [0.717, 1.165) is 41.4 Å². The number of esters is 1. The molecule has 1 aliphatic heterocycles. The molecule has 0 N–H and O–H groups in total. The molecule has 1 atom stereocenters. The van der Waals surface area contributed by atoms with Gasteiger partial charge in [-0.2, -0.15) is 0 Å². The van der Waals surface area contributed by atoms with E-state index >= 15 is 0 Å². The molecule has 25 heavy (non-hydrogen) atoms. The van der Waals surface area contributed by atoms with Gasteiger partial charge in [0.05, 0.1) is 24.1 Å². The molecule has 136 valence electrons. The van der Waals surface area contributed by atoms with Gasteiger partial charge in [-0.05, 0) is 56.9 Å². The zero-order valence-electron chi connectivity index (χ0n) is 14.7. The van der Waals surface area contributed by atoms with Gasteiger partial charge in [-0.3, -0.25) is 14.3 Å². The molecule has 1 saturated heterocycles. The van der Waals surface area contributed by atoms with Gasteiger partial charge in [0.15, 0.2) is 10.6 Å². The molecule has 1 aliphatic rings. The standard InChI is InChI=1S/C17H24N4O2S2/c1-3-20-15(14-8-6-10-25-14)18-21(17(20)24)12-19-9-5-7-13(11-19)16(22)23-4-2/h6,8,10,13H,3-5,7,9,11-12H2,1-2H3. The molecule has 8 heteroatoms. The van der Waals surface area contributed by atoms with Gasteiger partial charge in [0, 0.05) is 13.1 Å². The van der Waals surface area contributed by atoms with Crippen LogP contribution in [-0.2, 0) is 22.7 Å². The maximum absolute atomic E-state index is 12.0. The Balaban J connectivity index is 1.77. The fourth-order valence-electron chi connectivity index (χ4n) is 3.23. The Hall–Kier alpha value is -1.51. The molecule has 1 fully saturated rings. The Morgan fingerprint density at radius 2 is 2.32 bits per heavy atom. The Bertz CT molecular complexity index is 766. The highest BCUT2D eigenvalue weighted by molar-refractivity contribution is 7.71. The minimum absolute atomic E-state index is 0.0482. The quantitative estimate of drug-likeness (QED) is 0.568. The highest BCUT2D eigenvalue weighted by Crippen LogP contribution is 2.24. The van der Waals surface area contributed by atoms with Crippen molar-refractivity contribution >= 4 is 29.5 Å². The summed E-state index contributed by atoms with van der Waals surface area (Å²) in [5.74, 6) is 0.781. The molecule has 0 amide bonds. The van der Waals surface area contributed by atoms with E-state index in [-0.39, 0.29) is 11.9 Å². The third-order valence-corrected chi connectivity index (χ3v) is 5.74. The molecule has 2 aromatic heterocycles. The van der Waals surface area contributed by atoms with Crippen molar-refractivity contribution in [2.75, 3.05) is 19.7 Å². The predicted octanol–water partition coefficient (Wildman–Crippen LogP) is 3.40. The van der Waals surface area contributed by atoms with Crippen LogP contribution in [0, 0.1) is 10.7 Å². The van der Waals surface area contributed by atoms with Gasteiger partial charge in [-0.1, -0.05) is 6.07 Å². The average molecular weight is 381 g/mol. The van der Waals surface area contributed by atoms with Crippen molar-refractivity contribution in [3.05, 3.63) is 22.3 Å². The minimum Gasteiger partial charge on any atom is -0.466 e. The second-order valence-electron chi connectivity index (χ2n) is 6.14. The molecule has 3 heterocycles. The highest BCUT2D eigenvalue weighted by Gasteiger charge is 2.27. The van der Waals surface area contributed by atoms with Crippen LogP contribution in [0.4, 0.5) is 0 Å². The van der Waals surface area contributed by atoms with Gasteiger partial charge in [-0.15, -0.1) is 16.4 Å². The van der Waals surface area contributed by atoms with Crippen LogP contribution in [-0.4, -0.2) is 44.9 Å². The molecule has 0 aromatic carbocycles. The first kappa shape index (κ1) is 18.3. The van der Waals surface area contributed by atoms with Crippen LogP contribution in [0.2, 0.25) is 0 Å². The smallest absolute Gasteiger partial charge is 0.310 e. The summed E-state index contributed by atoms with van der Waals surface area (Å²) in [6, 6.07) is 4.09. The van der Waals surface area contributed by atoms with Crippen molar-refractivity contribution in [3.63, 3.8) is 0 Å². The lowest BCUT2D eigenvalue weighted by atomic mass is 9.99. The van der Waals surface area contributed by atoms with E-state index in [1.165, 1.54) is 0 Å². The van der Waals surface area contributed by atoms with Gasteiger partial charge in [-0.25, -0.2) is 4.68 Å². The van der Waals surface area contributed by atoms with Crippen LogP contribution in [0.25, 0.3) is 10.7 Å². The first-order valence-corrected chi connectivity index (χ1v) is 10.0. The number of carbonyl (C=O) groups is 1. The number of thiophene rings is 1. The molecule has 0 radical (unpaired) electrons. The first-order chi connectivity index (χ1) is 12.1. The van der Waals surface area contributed by atoms with Crippen LogP contribution in [0.3, 0.4) is 0 Å². The minimum atomic E-state index is -0.0887. The van der Waals surface area contributed by atoms with Crippen molar-refractivity contribution in [2.24, 2.45) is 5.92 Å². The van der Waals surface area contributed by atoms with E-state index in [1.54, 1.807) is 11.3 Å². The highest BCUT2D eigenvalue weighted by atomic mass is 32.1. The summed E-state index contributed by atoms with van der Waals surface area (Å²) in [4.78, 5) is 15.4. The lowest BCUT2D eigenvalue weighted by Gasteiger charge is -2.31. The lowest BCUT2D eigenvalue weighted by molar-refractivity contribution is -0.150. The Labute approximate surface area is 157 Å². The third kappa shape index (κ3) is 4.02. The molecule has 0 saturated carbocycles. The fraction of sp³-hybridized carbons (Fsp3) is 0.588. The van der Waals surface area contributed by atoms with E-state index in [0.29, 0.717) is 19.8 Å². The molecule has 2 aromatic rings. The normalized spacial score (nSPS) is 18.4. The Morgan fingerprint density at radius 1 is 1.48 bits per heavy atom. The van der Waals surface area contributed by atoms with Crippen molar-refractivity contribution in [3.8, 4) is 10.7 Å². The summed E-state index contributed by atoms with van der Waals surface area (Å²) in [5.41, 5.74) is 0. The second-order valence-corrected chi connectivity index (χ2v) is 7.45. The Morgan fingerprint density at radius 3 is 3.00 bits per heavy atom. The number of nitrogens with zero attached hydrogens (tertiary/aromatic N) is 4. The number of rotatable bonds is 6. The van der Waals surface area contributed by atoms with Crippen LogP contribution in [0.5, 0.6) is 0 Å². The van der Waals surface area contributed by atoms with Crippen molar-refractivity contribution in [2.45, 2.75) is 39.9 Å². The van der Waals surface area contributed by atoms with Gasteiger partial charge in [0.1, 0.15) is 0 Å². The maximum atomic E-state index is 12.0. The van der Waals surface area contributed by atoms with Gasteiger partial charge < -0.3 is 4.74 Å². The molecule has 3 rings (SSSR count). The van der Waals surface area contributed by atoms with E-state index in [1.807, 2.05) is 23.1 Å². The maximum Gasteiger partial charge on any atom is 0.310 e. The number of aromatic nitrogens is 3. The number of hydrogen-bond acceptors (Lipinski definition) is 6. The molecule has 1 unspecified atom stereocenters. The third-order valence-electron chi connectivity index (χ3n) is 4.44. The van der Waals surface area contributed by atoms with E-state index in [9.17, 15) is 4.79 Å². The number of carbonyl (C=O) groups excluding carboxylic acids is 1. The molecule has 0 aliphatic carbocycles. The zero-order valence-corrected chi connectivity index (χ0v) is 16.3. The van der Waals surface area contributed by atoms with Crippen LogP contribution < -0.4 is 0 Å². The average Bonchev–Trinajstić information content (AvgIpc) is 3.24. The predicted molar refractivity (Wildman–Crippen MR) is 101 cm³/mol. The fourth-order valence-corrected chi connectivity index (χ4v) is 4.26. The molecule has 0 spiro atoms. The van der Waals surface area contributed by atoms with Gasteiger partial charge in [0.2, 0.25) is 0 Å². The van der Waals surface area contributed by atoms with Crippen LogP contribution >= 0.6 is 23.6 Å². The largest absolute Gasteiger partial charge is 0.466 e. The monoisotopic (exact) mass is 380 g/mol. The van der Waals surface area contributed by atoms with Crippen LogP contribution in [0.15, 0.2) is 17.5 Å². The molecular weight excluding hydrogens is 356 g/mol. The number of hydrogen-bond donors (Lipinski definition) is 0. The van der Waals surface area contributed by atoms with Gasteiger partial charge in [0.25, 0.3) is 0 Å². The number of ether oxygens (including phenoxy) is 1. The number of piperidine rings is 1. The van der Waals surface area contributed by atoms with Crippen molar-refractivity contribution in [1.82, 2.24) is 19.2 Å². The molecule has 6 nitrogen and oxygen atoms in total. The summed E-state index contributed by atoms with van der Waals surface area (Å²) in [6.45, 7) is 7.42. The van der Waals surface area contributed by atoms with Gasteiger partial charge >= 0.3 is 5.97 Å². The zero-order chi connectivity index (χ0) is 17.8. The van der Waals surface area contributed by atoms with Crippen molar-refractivity contribution in [1.29, 1.82) is 0 Å². The summed E-state index contributed by atoms with van der Waals surface area (Å²) < 4.78 is 9.85. The molecular formula is C17H24N4O2S2. The summed E-state index contributed by atoms with van der Waals surface area (Å²) in [6.07, 6.45) is 1.88. The van der Waals surface area contributed by atoms with Crippen LogP contribution in [0.1, 0.15) is 26.7 Å². The second kappa shape index (κ2) is 8.25. The summed E-state index contributed by atoms with van der Waals surface area (Å²) in [5, 5.41) is 6.80. The van der Waals surface area contributed by atoms with E-state index in [2.05, 4.69) is 22.5 Å². The van der Waals surface area contributed by atoms with Crippen molar-refractivity contribution < 1.29 is 9.53 Å². The number of likely N-dealkylation sites (tertiary alicyclic amines) is 1. The first-order valence-electron chi connectivity index (χ1n) is 8.74. The Kier molecular flexibility index (Phi) is 6.03. The summed E-state index contributed by atoms with van der Waals surface area (Å²) >= 11 is 7.29. The molecule has 0 bridgehead atoms. The lowest BCUT2D eigenvalue weighted by Crippen LogP contribution is -2.40. The SMILES string of the molecule is CCOC(=O)C1CCCN(Cn2nc(-c3cccs3)n(CC)c2=S)C1. The van der Waals surface area contributed by atoms with E-state index in [4.69, 9.17) is 22.1 Å². The summed E-state index contributed by atoms with van der Waals surface area (Å²) in [7, 11) is 0. The topological polar surface area (TPSA) is 52.3 Å². The van der Waals surface area contributed by atoms with E-state index < -0.39 is 0 Å².